The third kappa shape index (κ3) is 7.57. The average molecular weight is 529 g/mol. The molecule has 2 aromatic heterocycles. The molecule has 8 nitrogen and oxygen atoms in total. The highest BCUT2D eigenvalue weighted by molar-refractivity contribution is 6.09. The van der Waals surface area contributed by atoms with Crippen LogP contribution in [0.25, 0.3) is 17.3 Å². The molecule has 4 rings (SSSR count). The lowest BCUT2D eigenvalue weighted by Crippen LogP contribution is -2.33. The number of nitrogens with one attached hydrogen (secondary N) is 3. The molecule has 0 unspecified atom stereocenters. The number of carbonyl (C=O) groups excluding carboxylic acids is 2. The molecule has 8 heteroatoms. The van der Waals surface area contributed by atoms with Gasteiger partial charge in [0, 0.05) is 60.1 Å². The zero-order valence-corrected chi connectivity index (χ0v) is 23.5. The number of allylic oxidation sites excluding steroid dienone is 1. The van der Waals surface area contributed by atoms with Crippen LogP contribution in [0, 0.1) is 13.8 Å². The van der Waals surface area contributed by atoms with Crippen molar-refractivity contribution in [2.45, 2.75) is 46.5 Å². The van der Waals surface area contributed by atoms with Crippen LogP contribution in [-0.4, -0.2) is 57.7 Å². The number of anilines is 1. The summed E-state index contributed by atoms with van der Waals surface area (Å²) in [7, 11) is 1.89. The second-order valence-corrected chi connectivity index (χ2v) is 10.2. The zero-order chi connectivity index (χ0) is 27.8. The molecule has 1 saturated heterocycles. The molecule has 0 saturated carbocycles. The number of benzene rings is 1. The molecule has 1 aromatic carbocycles. The molecule has 0 atom stereocenters. The summed E-state index contributed by atoms with van der Waals surface area (Å²) >= 11 is 0. The summed E-state index contributed by atoms with van der Waals surface area (Å²) in [5, 5.41) is 10.3. The van der Waals surface area contributed by atoms with Crippen molar-refractivity contribution in [3.8, 4) is 11.3 Å². The van der Waals surface area contributed by atoms with Crippen LogP contribution in [0.4, 0.5) is 5.69 Å². The predicted octanol–water partition coefficient (Wildman–Crippen LogP) is 5.24. The second-order valence-electron chi connectivity index (χ2n) is 10.2. The monoisotopic (exact) mass is 528 g/mol. The first-order valence-electron chi connectivity index (χ1n) is 13.8. The number of H-pyrrole nitrogens is 1. The van der Waals surface area contributed by atoms with Gasteiger partial charge in [0.15, 0.2) is 0 Å². The molecule has 1 fully saturated rings. The van der Waals surface area contributed by atoms with Crippen molar-refractivity contribution >= 4 is 23.6 Å². The van der Waals surface area contributed by atoms with Crippen LogP contribution in [0.2, 0.25) is 0 Å². The molecule has 3 heterocycles. The van der Waals surface area contributed by atoms with Crippen molar-refractivity contribution in [1.29, 1.82) is 0 Å². The molecule has 0 radical (unpaired) electrons. The minimum absolute atomic E-state index is 0.130. The maximum atomic E-state index is 13.5. The molecule has 0 bridgehead atoms. The van der Waals surface area contributed by atoms with Gasteiger partial charge in [-0.2, -0.15) is 5.10 Å². The van der Waals surface area contributed by atoms with E-state index in [1.807, 2.05) is 63.6 Å². The first-order chi connectivity index (χ1) is 18.8. The van der Waals surface area contributed by atoms with Gasteiger partial charge >= 0.3 is 0 Å². The van der Waals surface area contributed by atoms with Gasteiger partial charge in [-0.05, 0) is 81.6 Å². The summed E-state index contributed by atoms with van der Waals surface area (Å²) in [4.78, 5) is 32.1. The van der Waals surface area contributed by atoms with E-state index in [1.165, 1.54) is 12.8 Å². The Bertz CT molecular complexity index is 1360. The van der Waals surface area contributed by atoms with Gasteiger partial charge in [-0.15, -0.1) is 0 Å². The first-order valence-corrected chi connectivity index (χ1v) is 13.8. The Morgan fingerprint density at radius 2 is 1.95 bits per heavy atom. The van der Waals surface area contributed by atoms with Crippen molar-refractivity contribution in [2.75, 3.05) is 31.5 Å². The fourth-order valence-electron chi connectivity index (χ4n) is 4.70. The van der Waals surface area contributed by atoms with E-state index in [0.29, 0.717) is 23.4 Å². The Morgan fingerprint density at radius 1 is 1.15 bits per heavy atom. The van der Waals surface area contributed by atoms with Crippen LogP contribution >= 0.6 is 0 Å². The number of amides is 2. The fourth-order valence-corrected chi connectivity index (χ4v) is 4.70. The summed E-state index contributed by atoms with van der Waals surface area (Å²) in [6.07, 6.45) is 13.9. The quantitative estimate of drug-likeness (QED) is 0.234. The lowest BCUT2D eigenvalue weighted by molar-refractivity contribution is -0.112. The number of hydrogen-bond donors (Lipinski definition) is 3. The number of aryl methyl sites for hydroxylation is 3. The lowest BCUT2D eigenvalue weighted by atomic mass is 10.1. The number of hydrogen-bond acceptors (Lipinski definition) is 4. The molecule has 0 aliphatic carbocycles. The second kappa shape index (κ2) is 13.2. The topological polar surface area (TPSA) is 95.0 Å². The number of aromatic amines is 1. The van der Waals surface area contributed by atoms with Crippen molar-refractivity contribution < 1.29 is 9.59 Å². The van der Waals surface area contributed by atoms with Gasteiger partial charge in [-0.3, -0.25) is 14.3 Å². The standard InChI is InChI=1S/C31H40N6O2/c1-5-6-7-10-24(17-26-19-29(34-23(26)3)27-20-33-36(4)21-27)31(39)35-28-18-25(12-11-22(28)2)30(38)32-13-16-37-14-8-9-15-37/h7,10-12,17-21,34H,5-6,8-9,13-16H2,1-4H3,(H,32,38)(H,35,39)/b10-7+,24-17+. The molecule has 39 heavy (non-hydrogen) atoms. The van der Waals surface area contributed by atoms with Crippen molar-refractivity contribution in [3.05, 3.63) is 76.8 Å². The molecule has 1 aliphatic rings. The maximum absolute atomic E-state index is 13.5. The van der Waals surface area contributed by atoms with Gasteiger partial charge in [-0.1, -0.05) is 31.6 Å². The van der Waals surface area contributed by atoms with E-state index in [-0.39, 0.29) is 11.8 Å². The SMILES string of the molecule is CCC/C=C/C(=C\c1cc(-c2cnn(C)c2)[nH]c1C)C(=O)Nc1cc(C(=O)NCCN2CCCC2)ccc1C. The number of likely N-dealkylation sites (tertiary alicyclic amines) is 1. The maximum Gasteiger partial charge on any atom is 0.255 e. The Kier molecular flexibility index (Phi) is 9.54. The normalized spacial score (nSPS) is 14.3. The molecule has 0 spiro atoms. The minimum Gasteiger partial charge on any atom is -0.358 e. The van der Waals surface area contributed by atoms with Crippen LogP contribution in [0.15, 0.2) is 54.4 Å². The third-order valence-corrected chi connectivity index (χ3v) is 7.06. The van der Waals surface area contributed by atoms with E-state index in [0.717, 1.165) is 60.6 Å². The predicted molar refractivity (Wildman–Crippen MR) is 158 cm³/mol. The molecule has 3 aromatic rings. The fraction of sp³-hybridized carbons (Fsp3) is 0.387. The molecule has 1 aliphatic heterocycles. The lowest BCUT2D eigenvalue weighted by Gasteiger charge is -2.15. The highest BCUT2D eigenvalue weighted by Gasteiger charge is 2.15. The van der Waals surface area contributed by atoms with Gasteiger partial charge in [0.25, 0.3) is 11.8 Å². The zero-order valence-electron chi connectivity index (χ0n) is 23.5. The summed E-state index contributed by atoms with van der Waals surface area (Å²) < 4.78 is 1.76. The molecule has 206 valence electrons. The molecule has 3 N–H and O–H groups in total. The van der Waals surface area contributed by atoms with Gasteiger partial charge < -0.3 is 20.5 Å². The Balaban J connectivity index is 1.50. The third-order valence-electron chi connectivity index (χ3n) is 7.06. The number of nitrogens with zero attached hydrogens (tertiary/aromatic N) is 3. The average Bonchev–Trinajstić information content (AvgIpc) is 3.67. The van der Waals surface area contributed by atoms with Crippen molar-refractivity contribution in [3.63, 3.8) is 0 Å². The van der Waals surface area contributed by atoms with Crippen LogP contribution in [0.1, 0.15) is 59.8 Å². The Morgan fingerprint density at radius 3 is 2.67 bits per heavy atom. The van der Waals surface area contributed by atoms with Crippen LogP contribution in [-0.2, 0) is 11.8 Å². The van der Waals surface area contributed by atoms with Crippen molar-refractivity contribution in [1.82, 2.24) is 25.0 Å². The van der Waals surface area contributed by atoms with E-state index in [2.05, 4.69) is 32.5 Å². The van der Waals surface area contributed by atoms with Gasteiger partial charge in [-0.25, -0.2) is 0 Å². The van der Waals surface area contributed by atoms with Crippen LogP contribution in [0.3, 0.4) is 0 Å². The van der Waals surface area contributed by atoms with E-state index in [4.69, 9.17) is 0 Å². The number of rotatable bonds is 11. The summed E-state index contributed by atoms with van der Waals surface area (Å²) in [6, 6.07) is 7.47. The van der Waals surface area contributed by atoms with E-state index in [9.17, 15) is 9.59 Å². The van der Waals surface area contributed by atoms with Crippen LogP contribution < -0.4 is 10.6 Å². The van der Waals surface area contributed by atoms with Gasteiger partial charge in [0.05, 0.1) is 6.20 Å². The molecular weight excluding hydrogens is 488 g/mol. The van der Waals surface area contributed by atoms with Crippen LogP contribution in [0.5, 0.6) is 0 Å². The number of aromatic nitrogens is 3. The van der Waals surface area contributed by atoms with Crippen molar-refractivity contribution in [2.24, 2.45) is 7.05 Å². The van der Waals surface area contributed by atoms with E-state index >= 15 is 0 Å². The minimum atomic E-state index is -0.222. The highest BCUT2D eigenvalue weighted by Crippen LogP contribution is 2.24. The summed E-state index contributed by atoms with van der Waals surface area (Å²) in [5.41, 5.74) is 6.43. The summed E-state index contributed by atoms with van der Waals surface area (Å²) in [6.45, 7) is 9.71. The van der Waals surface area contributed by atoms with E-state index < -0.39 is 0 Å². The Hall–Kier alpha value is -3.91. The molecule has 2 amide bonds. The number of carbonyl (C=O) groups is 2. The molecular formula is C31H40N6O2. The highest BCUT2D eigenvalue weighted by atomic mass is 16.2. The summed E-state index contributed by atoms with van der Waals surface area (Å²) in [5.74, 6) is -0.352. The smallest absolute Gasteiger partial charge is 0.255 e. The van der Waals surface area contributed by atoms with E-state index in [1.54, 1.807) is 16.8 Å². The first kappa shape index (κ1) is 28.1. The largest absolute Gasteiger partial charge is 0.358 e. The Labute approximate surface area is 231 Å². The van der Waals surface area contributed by atoms with Gasteiger partial charge in [0.2, 0.25) is 0 Å². The number of unbranched alkanes of at least 4 members (excludes halogenated alkanes) is 1. The van der Waals surface area contributed by atoms with Gasteiger partial charge in [0.1, 0.15) is 0 Å².